The van der Waals surface area contributed by atoms with Crippen molar-refractivity contribution in [2.75, 3.05) is 9.80 Å². The first-order valence-electron chi connectivity index (χ1n) is 13.7. The zero-order valence-corrected chi connectivity index (χ0v) is 27.2. The van der Waals surface area contributed by atoms with E-state index in [9.17, 15) is 28.7 Å². The van der Waals surface area contributed by atoms with E-state index < -0.39 is 57.0 Å². The summed E-state index contributed by atoms with van der Waals surface area (Å²) in [7, 11) is 0. The van der Waals surface area contributed by atoms with Gasteiger partial charge in [0.15, 0.2) is 9.75 Å². The molecule has 1 saturated carbocycles. The van der Waals surface area contributed by atoms with Crippen LogP contribution in [0.4, 0.5) is 15.8 Å². The summed E-state index contributed by atoms with van der Waals surface area (Å²) in [5.41, 5.74) is 1.28. The first-order valence-corrected chi connectivity index (χ1v) is 16.1. The van der Waals surface area contributed by atoms with Crippen LogP contribution >= 0.6 is 55.1 Å². The summed E-state index contributed by atoms with van der Waals surface area (Å²) in [6.45, 7) is 0. The summed E-state index contributed by atoms with van der Waals surface area (Å²) >= 11 is 21.5. The van der Waals surface area contributed by atoms with Gasteiger partial charge in [-0.2, -0.15) is 0 Å². The van der Waals surface area contributed by atoms with E-state index in [2.05, 4.69) is 31.9 Å². The van der Waals surface area contributed by atoms with E-state index in [1.54, 1.807) is 42.5 Å². The number of benzene rings is 3. The number of alkyl halides is 2. The van der Waals surface area contributed by atoms with Crippen LogP contribution in [0.15, 0.2) is 87.3 Å². The molecule has 2 aliphatic heterocycles. The molecule has 2 saturated heterocycles. The van der Waals surface area contributed by atoms with E-state index in [0.29, 0.717) is 15.7 Å². The van der Waals surface area contributed by atoms with Crippen molar-refractivity contribution < 1.29 is 28.7 Å². The minimum absolute atomic E-state index is 0.0800. The Morgan fingerprint density at radius 2 is 1.41 bits per heavy atom. The summed E-state index contributed by atoms with van der Waals surface area (Å²) in [5.74, 6) is -6.74. The second-order valence-electron chi connectivity index (χ2n) is 11.4. The highest BCUT2D eigenvalue weighted by atomic mass is 79.9. The molecule has 2 heterocycles. The maximum atomic E-state index is 14.4. The van der Waals surface area contributed by atoms with Gasteiger partial charge in [0.25, 0.3) is 11.8 Å². The molecule has 4 aliphatic rings. The van der Waals surface area contributed by atoms with Gasteiger partial charge < -0.3 is 5.11 Å². The third kappa shape index (κ3) is 3.96. The third-order valence-corrected chi connectivity index (χ3v) is 11.7. The topological polar surface area (TPSA) is 95.0 Å². The van der Waals surface area contributed by atoms with Crippen LogP contribution < -0.4 is 9.80 Å². The Hall–Kier alpha value is -3.05. The molecule has 0 unspecified atom stereocenters. The van der Waals surface area contributed by atoms with Crippen LogP contribution in [-0.2, 0) is 19.2 Å². The van der Waals surface area contributed by atoms with Crippen molar-refractivity contribution in [2.45, 2.75) is 28.5 Å². The van der Waals surface area contributed by atoms with Crippen LogP contribution in [0.3, 0.4) is 0 Å². The number of aromatic hydroxyl groups is 1. The number of rotatable bonds is 3. The second kappa shape index (κ2) is 10.2. The van der Waals surface area contributed by atoms with Crippen molar-refractivity contribution in [3.8, 4) is 5.75 Å². The smallest absolute Gasteiger partial charge is 0.258 e. The van der Waals surface area contributed by atoms with Gasteiger partial charge >= 0.3 is 0 Å². The largest absolute Gasteiger partial charge is 0.508 e. The Balaban J connectivity index is 1.41. The van der Waals surface area contributed by atoms with Gasteiger partial charge in [0, 0.05) is 20.4 Å². The van der Waals surface area contributed by atoms with Crippen LogP contribution in [0, 0.1) is 23.6 Å². The minimum atomic E-state index is -2.13. The molecule has 6 atom stereocenters. The Morgan fingerprint density at radius 3 is 2.09 bits per heavy atom. The molecule has 44 heavy (non-hydrogen) atoms. The number of phenolic OH excluding ortho intramolecular Hbond substituents is 1. The van der Waals surface area contributed by atoms with Gasteiger partial charge in [0.05, 0.1) is 23.2 Å². The molecule has 224 valence electrons. The molecule has 3 aromatic rings. The number of hydrogen-bond acceptors (Lipinski definition) is 5. The number of carbonyl (C=O) groups is 4. The predicted octanol–water partition coefficient (Wildman–Crippen LogP) is 6.82. The number of hydrogen-bond donors (Lipinski definition) is 1. The maximum absolute atomic E-state index is 14.4. The monoisotopic (exact) mass is 760 g/mol. The number of allylic oxidation sites excluding steroid dienone is 2. The molecule has 7 rings (SSSR count). The van der Waals surface area contributed by atoms with Crippen LogP contribution in [-0.4, -0.2) is 38.5 Å². The van der Waals surface area contributed by atoms with Crippen LogP contribution in [0.1, 0.15) is 24.3 Å². The lowest BCUT2D eigenvalue weighted by molar-refractivity contribution is -0.125. The lowest BCUT2D eigenvalue weighted by atomic mass is 9.56. The molecule has 0 radical (unpaired) electrons. The summed E-state index contributed by atoms with van der Waals surface area (Å²) in [6, 6.07) is 16.2. The molecule has 7 nitrogen and oxygen atoms in total. The SMILES string of the molecule is O=C1[C@H]2[C@H](CC=C3[C@H]2C[C@@]2(Cl)C(=O)N(c4ccc(F)cc4)C(=O)[C@@]2(Cl)[C@H]3c2cc(Br)ccc2O)C(=O)N1c1ccc(Br)cc1. The lowest BCUT2D eigenvalue weighted by Crippen LogP contribution is -2.60. The molecule has 3 aromatic carbocycles. The summed E-state index contributed by atoms with van der Waals surface area (Å²) in [6.07, 6.45) is 1.77. The minimum Gasteiger partial charge on any atom is -0.508 e. The summed E-state index contributed by atoms with van der Waals surface area (Å²) in [5, 5.41) is 11.1. The van der Waals surface area contributed by atoms with E-state index in [0.717, 1.165) is 21.5 Å². The van der Waals surface area contributed by atoms with Crippen molar-refractivity contribution in [1.29, 1.82) is 0 Å². The van der Waals surface area contributed by atoms with E-state index in [-0.39, 0.29) is 35.7 Å². The van der Waals surface area contributed by atoms with Crippen molar-refractivity contribution in [2.24, 2.45) is 17.8 Å². The Labute approximate surface area is 277 Å². The first kappa shape index (κ1) is 29.6. The Morgan fingerprint density at radius 1 is 0.795 bits per heavy atom. The molecular weight excluding hydrogens is 742 g/mol. The van der Waals surface area contributed by atoms with Crippen LogP contribution in [0.2, 0.25) is 0 Å². The molecule has 0 spiro atoms. The van der Waals surface area contributed by atoms with Gasteiger partial charge in [-0.15, -0.1) is 23.2 Å². The number of amides is 4. The standard InChI is InChI=1S/C32H21Br2Cl2FN2O5/c33-15-1-6-18(7-2-15)38-27(41)21-11-10-20-23(25(21)28(38)42)14-31(35)29(43)39(19-8-4-17(37)5-9-19)30(44)32(31,36)26(20)22-13-16(34)3-12-24(22)40/h1-10,12-13,21,23,25-26,40H,11,14H2/t21-,23+,25-,26+,31+,32-/m0/s1. The highest BCUT2D eigenvalue weighted by Crippen LogP contribution is 2.66. The molecule has 4 amide bonds. The second-order valence-corrected chi connectivity index (χ2v) is 14.5. The highest BCUT2D eigenvalue weighted by molar-refractivity contribution is 9.10. The average Bonchev–Trinajstić information content (AvgIpc) is 3.33. The van der Waals surface area contributed by atoms with Crippen LogP contribution in [0.5, 0.6) is 5.75 Å². The van der Waals surface area contributed by atoms with Crippen molar-refractivity contribution >= 4 is 90.1 Å². The van der Waals surface area contributed by atoms with Crippen molar-refractivity contribution in [3.63, 3.8) is 0 Å². The normalized spacial score (nSPS) is 31.2. The average molecular weight is 763 g/mol. The van der Waals surface area contributed by atoms with Gasteiger partial charge in [-0.1, -0.05) is 43.5 Å². The highest BCUT2D eigenvalue weighted by Gasteiger charge is 2.77. The molecule has 0 bridgehead atoms. The molecule has 1 N–H and O–H groups in total. The number of nitrogens with zero attached hydrogens (tertiary/aromatic N) is 2. The Bertz CT molecular complexity index is 1820. The van der Waals surface area contributed by atoms with Gasteiger partial charge in [0.2, 0.25) is 11.8 Å². The van der Waals surface area contributed by atoms with E-state index >= 15 is 0 Å². The summed E-state index contributed by atoms with van der Waals surface area (Å²) < 4.78 is 15.2. The lowest BCUT2D eigenvalue weighted by Gasteiger charge is -2.50. The zero-order valence-electron chi connectivity index (χ0n) is 22.5. The molecule has 0 aromatic heterocycles. The van der Waals surface area contributed by atoms with Crippen molar-refractivity contribution in [1.82, 2.24) is 0 Å². The van der Waals surface area contributed by atoms with Crippen LogP contribution in [0.25, 0.3) is 0 Å². The number of fused-ring (bicyclic) bond motifs is 4. The predicted molar refractivity (Wildman–Crippen MR) is 169 cm³/mol. The molecule has 12 heteroatoms. The fourth-order valence-electron chi connectivity index (χ4n) is 7.35. The number of imide groups is 2. The Kier molecular flexibility index (Phi) is 6.90. The van der Waals surface area contributed by atoms with Crippen molar-refractivity contribution in [3.05, 3.63) is 98.7 Å². The van der Waals surface area contributed by atoms with Gasteiger partial charge in [-0.05, 0) is 85.5 Å². The molecule has 3 fully saturated rings. The fraction of sp³-hybridized carbons (Fsp3) is 0.250. The fourth-order valence-corrected chi connectivity index (χ4v) is 8.92. The van der Waals surface area contributed by atoms with Gasteiger partial charge in [-0.3, -0.25) is 24.1 Å². The first-order chi connectivity index (χ1) is 20.9. The maximum Gasteiger partial charge on any atom is 0.258 e. The van der Waals surface area contributed by atoms with E-state index in [1.807, 2.05) is 0 Å². The zero-order chi connectivity index (χ0) is 31.3. The number of halogens is 5. The number of carbonyl (C=O) groups excluding carboxylic acids is 4. The molecular formula is C32H21Br2Cl2FN2O5. The van der Waals surface area contributed by atoms with E-state index in [4.69, 9.17) is 23.2 Å². The third-order valence-electron chi connectivity index (χ3n) is 9.28. The van der Waals surface area contributed by atoms with Gasteiger partial charge in [-0.25, -0.2) is 9.29 Å². The summed E-state index contributed by atoms with van der Waals surface area (Å²) in [4.78, 5) is 54.3. The molecule has 2 aliphatic carbocycles. The quantitative estimate of drug-likeness (QED) is 0.180. The number of anilines is 2. The van der Waals surface area contributed by atoms with E-state index in [1.165, 1.54) is 23.1 Å². The number of phenols is 1. The van der Waals surface area contributed by atoms with Gasteiger partial charge in [0.1, 0.15) is 11.6 Å².